The van der Waals surface area contributed by atoms with Crippen LogP contribution in [0.25, 0.3) is 0 Å². The fourth-order valence-electron chi connectivity index (χ4n) is 1.49. The average Bonchev–Trinajstić information content (AvgIpc) is 2.39. The molecule has 1 atom stereocenters. The van der Waals surface area contributed by atoms with Crippen molar-refractivity contribution in [3.63, 3.8) is 0 Å². The minimum atomic E-state index is -0.636. The fraction of sp³-hybridized carbons (Fsp3) is 0.385. The summed E-state index contributed by atoms with van der Waals surface area (Å²) in [6.07, 6.45) is 0. The van der Waals surface area contributed by atoms with Gasteiger partial charge in [-0.2, -0.15) is 0 Å². The summed E-state index contributed by atoms with van der Waals surface area (Å²) in [5.41, 5.74) is 6.10. The minimum Gasteiger partial charge on any atom is -0.452 e. The first-order chi connectivity index (χ1) is 9.43. The fourth-order valence-corrected chi connectivity index (χ4v) is 1.61. The highest BCUT2D eigenvalue weighted by Crippen LogP contribution is 2.19. The summed E-state index contributed by atoms with van der Waals surface area (Å²) in [5.74, 6) is -1.03. The van der Waals surface area contributed by atoms with Crippen molar-refractivity contribution in [1.82, 2.24) is 5.32 Å². The molecule has 0 spiro atoms. The van der Waals surface area contributed by atoms with E-state index in [0.29, 0.717) is 11.6 Å². The Morgan fingerprint density at radius 2 is 2.15 bits per heavy atom. The van der Waals surface area contributed by atoms with Crippen molar-refractivity contribution in [3.05, 3.63) is 28.8 Å². The van der Waals surface area contributed by atoms with E-state index in [1.54, 1.807) is 6.92 Å². The van der Waals surface area contributed by atoms with E-state index >= 15 is 0 Å². The van der Waals surface area contributed by atoms with Gasteiger partial charge in [0.15, 0.2) is 6.61 Å². The summed E-state index contributed by atoms with van der Waals surface area (Å²) in [7, 11) is 1.54. The van der Waals surface area contributed by atoms with Gasteiger partial charge in [-0.3, -0.25) is 4.79 Å². The third kappa shape index (κ3) is 5.07. The van der Waals surface area contributed by atoms with Gasteiger partial charge in [0, 0.05) is 13.2 Å². The van der Waals surface area contributed by atoms with Gasteiger partial charge in [-0.25, -0.2) is 4.79 Å². The van der Waals surface area contributed by atoms with E-state index in [-0.39, 0.29) is 23.9 Å². The van der Waals surface area contributed by atoms with Gasteiger partial charge < -0.3 is 20.5 Å². The number of halogens is 1. The van der Waals surface area contributed by atoms with Gasteiger partial charge in [0.2, 0.25) is 0 Å². The molecule has 0 radical (unpaired) electrons. The third-order valence-corrected chi connectivity index (χ3v) is 2.73. The molecule has 1 aromatic rings. The van der Waals surface area contributed by atoms with Crippen LogP contribution in [0.15, 0.2) is 18.2 Å². The Kier molecular flexibility index (Phi) is 6.27. The molecule has 3 N–H and O–H groups in total. The highest BCUT2D eigenvalue weighted by molar-refractivity contribution is 6.33. The van der Waals surface area contributed by atoms with Gasteiger partial charge in [0.25, 0.3) is 5.91 Å². The van der Waals surface area contributed by atoms with E-state index < -0.39 is 11.9 Å². The molecule has 7 heteroatoms. The summed E-state index contributed by atoms with van der Waals surface area (Å²) in [6, 6.07) is 4.22. The number of ether oxygens (including phenoxy) is 2. The molecule has 110 valence electrons. The van der Waals surface area contributed by atoms with Crippen LogP contribution in [0.3, 0.4) is 0 Å². The van der Waals surface area contributed by atoms with Crippen LogP contribution in [0.1, 0.15) is 17.3 Å². The Labute approximate surface area is 122 Å². The lowest BCUT2D eigenvalue weighted by Crippen LogP contribution is -2.38. The van der Waals surface area contributed by atoms with Gasteiger partial charge >= 0.3 is 5.97 Å². The molecule has 1 aromatic carbocycles. The molecule has 0 saturated heterocycles. The lowest BCUT2D eigenvalue weighted by molar-refractivity contribution is -0.125. The van der Waals surface area contributed by atoms with E-state index in [2.05, 4.69) is 5.32 Å². The standard InChI is InChI=1S/C13H17ClN2O4/c1-8(6-19-2)16-12(17)7-20-13(18)9-3-4-10(14)11(15)5-9/h3-5,8H,6-7,15H2,1-2H3,(H,16,17). The molecule has 0 aromatic heterocycles. The largest absolute Gasteiger partial charge is 0.452 e. The second-order valence-corrected chi connectivity index (χ2v) is 4.64. The van der Waals surface area contributed by atoms with E-state index in [4.69, 9.17) is 26.8 Å². The number of nitrogen functional groups attached to an aromatic ring is 1. The molecule has 6 nitrogen and oxygen atoms in total. The molecule has 1 rings (SSSR count). The van der Waals surface area contributed by atoms with Crippen molar-refractivity contribution in [3.8, 4) is 0 Å². The predicted octanol–water partition coefficient (Wildman–Crippen LogP) is 1.23. The Hall–Kier alpha value is -1.79. The molecule has 20 heavy (non-hydrogen) atoms. The predicted molar refractivity (Wildman–Crippen MR) is 75.6 cm³/mol. The highest BCUT2D eigenvalue weighted by atomic mass is 35.5. The number of nitrogens with two attached hydrogens (primary N) is 1. The number of methoxy groups -OCH3 is 1. The first-order valence-electron chi connectivity index (χ1n) is 5.94. The average molecular weight is 301 g/mol. The second kappa shape index (κ2) is 7.72. The Balaban J connectivity index is 2.46. The first kappa shape index (κ1) is 16.3. The van der Waals surface area contributed by atoms with Crippen molar-refractivity contribution in [2.24, 2.45) is 0 Å². The van der Waals surface area contributed by atoms with Crippen LogP contribution in [0.5, 0.6) is 0 Å². The van der Waals surface area contributed by atoms with Gasteiger partial charge in [-0.15, -0.1) is 0 Å². The summed E-state index contributed by atoms with van der Waals surface area (Å²) >= 11 is 5.75. The maximum atomic E-state index is 11.7. The zero-order valence-corrected chi connectivity index (χ0v) is 12.1. The highest BCUT2D eigenvalue weighted by Gasteiger charge is 2.13. The Morgan fingerprint density at radius 3 is 2.75 bits per heavy atom. The molecule has 1 amide bonds. The van der Waals surface area contributed by atoms with Crippen molar-refractivity contribution >= 4 is 29.2 Å². The Bertz CT molecular complexity index is 493. The zero-order chi connectivity index (χ0) is 15.1. The molecule has 0 fully saturated rings. The molecule has 0 aliphatic heterocycles. The van der Waals surface area contributed by atoms with Gasteiger partial charge in [0.1, 0.15) is 0 Å². The third-order valence-electron chi connectivity index (χ3n) is 2.39. The molecule has 0 heterocycles. The summed E-state index contributed by atoms with van der Waals surface area (Å²) in [5, 5.41) is 2.98. The molecule has 1 unspecified atom stereocenters. The topological polar surface area (TPSA) is 90.6 Å². The molecule has 0 bridgehead atoms. The number of carbonyl (C=O) groups is 2. The first-order valence-corrected chi connectivity index (χ1v) is 6.32. The number of benzene rings is 1. The number of carbonyl (C=O) groups excluding carboxylic acids is 2. The lowest BCUT2D eigenvalue weighted by atomic mass is 10.2. The van der Waals surface area contributed by atoms with Gasteiger partial charge in [-0.05, 0) is 25.1 Å². The molecular weight excluding hydrogens is 284 g/mol. The van der Waals surface area contributed by atoms with E-state index in [0.717, 1.165) is 0 Å². The number of hydrogen-bond acceptors (Lipinski definition) is 5. The molecule has 0 saturated carbocycles. The Morgan fingerprint density at radius 1 is 1.45 bits per heavy atom. The van der Waals surface area contributed by atoms with Crippen molar-refractivity contribution in [2.75, 3.05) is 26.1 Å². The normalized spacial score (nSPS) is 11.8. The van der Waals surface area contributed by atoms with Crippen LogP contribution in [-0.4, -0.2) is 38.2 Å². The molecular formula is C13H17ClN2O4. The van der Waals surface area contributed by atoms with E-state index in [9.17, 15) is 9.59 Å². The van der Waals surface area contributed by atoms with Crippen LogP contribution < -0.4 is 11.1 Å². The molecule has 0 aliphatic carbocycles. The number of anilines is 1. The smallest absolute Gasteiger partial charge is 0.338 e. The minimum absolute atomic E-state index is 0.155. The van der Waals surface area contributed by atoms with Crippen molar-refractivity contribution in [1.29, 1.82) is 0 Å². The van der Waals surface area contributed by atoms with Crippen LogP contribution >= 0.6 is 11.6 Å². The monoisotopic (exact) mass is 300 g/mol. The van der Waals surface area contributed by atoms with Crippen LogP contribution in [0.4, 0.5) is 5.69 Å². The lowest BCUT2D eigenvalue weighted by Gasteiger charge is -2.12. The zero-order valence-electron chi connectivity index (χ0n) is 11.3. The number of amides is 1. The van der Waals surface area contributed by atoms with Crippen LogP contribution in [-0.2, 0) is 14.3 Å². The maximum absolute atomic E-state index is 11.7. The number of nitrogens with one attached hydrogen (secondary N) is 1. The number of rotatable bonds is 6. The van der Waals surface area contributed by atoms with Crippen LogP contribution in [0, 0.1) is 0 Å². The SMILES string of the molecule is COCC(C)NC(=O)COC(=O)c1ccc(Cl)c(N)c1. The summed E-state index contributed by atoms with van der Waals surface area (Å²) < 4.78 is 9.75. The number of hydrogen-bond donors (Lipinski definition) is 2. The van der Waals surface area contributed by atoms with Crippen molar-refractivity contribution in [2.45, 2.75) is 13.0 Å². The number of esters is 1. The van der Waals surface area contributed by atoms with Gasteiger partial charge in [-0.1, -0.05) is 11.6 Å². The van der Waals surface area contributed by atoms with Crippen molar-refractivity contribution < 1.29 is 19.1 Å². The second-order valence-electron chi connectivity index (χ2n) is 4.24. The van der Waals surface area contributed by atoms with E-state index in [1.165, 1.54) is 25.3 Å². The quantitative estimate of drug-likeness (QED) is 0.609. The van der Waals surface area contributed by atoms with E-state index in [1.807, 2.05) is 0 Å². The summed E-state index contributed by atoms with van der Waals surface area (Å²) in [4.78, 5) is 23.2. The molecule has 0 aliphatic rings. The maximum Gasteiger partial charge on any atom is 0.338 e. The van der Waals surface area contributed by atoms with Crippen LogP contribution in [0.2, 0.25) is 5.02 Å². The summed E-state index contributed by atoms with van der Waals surface area (Å²) in [6.45, 7) is 1.80. The van der Waals surface area contributed by atoms with Gasteiger partial charge in [0.05, 0.1) is 22.9 Å².